The Bertz CT molecular complexity index is 879. The maximum Gasteiger partial charge on any atom is 0.255 e. The minimum atomic E-state index is -0.362. The van der Waals surface area contributed by atoms with Gasteiger partial charge in [-0.05, 0) is 68.0 Å². The lowest BCUT2D eigenvalue weighted by molar-refractivity contribution is -0.113. The number of carbonyl (C=O) groups is 1. The molecule has 3 N–H and O–H groups in total. The van der Waals surface area contributed by atoms with E-state index >= 15 is 0 Å². The lowest BCUT2D eigenvalue weighted by Gasteiger charge is -2.30. The van der Waals surface area contributed by atoms with Gasteiger partial charge in [0.15, 0.2) is 5.11 Å². The van der Waals surface area contributed by atoms with E-state index in [1.54, 1.807) is 12.1 Å². The lowest BCUT2D eigenvalue weighted by Crippen LogP contribution is -2.45. The van der Waals surface area contributed by atoms with Crippen molar-refractivity contribution >= 4 is 40.5 Å². The van der Waals surface area contributed by atoms with Crippen molar-refractivity contribution in [3.05, 3.63) is 70.4 Å². The number of amides is 1. The van der Waals surface area contributed by atoms with Gasteiger partial charge in [0.25, 0.3) is 5.91 Å². The predicted molar refractivity (Wildman–Crippen MR) is 112 cm³/mol. The number of ether oxygens (including phenoxy) is 1. The van der Waals surface area contributed by atoms with Gasteiger partial charge in [-0.3, -0.25) is 4.79 Å². The first kappa shape index (κ1) is 19.2. The molecule has 0 bridgehead atoms. The minimum Gasteiger partial charge on any atom is -0.494 e. The third-order valence-electron chi connectivity index (χ3n) is 4.14. The number of allylic oxidation sites excluding steroid dienone is 1. The molecule has 0 aromatic heterocycles. The number of rotatable bonds is 5. The predicted octanol–water partition coefficient (Wildman–Crippen LogP) is 4.17. The molecule has 1 atom stereocenters. The fourth-order valence-electron chi connectivity index (χ4n) is 2.90. The van der Waals surface area contributed by atoms with E-state index in [2.05, 4.69) is 16.0 Å². The summed E-state index contributed by atoms with van der Waals surface area (Å²) in [5, 5.41) is 10.2. The molecule has 0 spiro atoms. The van der Waals surface area contributed by atoms with Crippen LogP contribution in [-0.4, -0.2) is 17.6 Å². The summed E-state index contributed by atoms with van der Waals surface area (Å²) in [6.45, 7) is 4.36. The van der Waals surface area contributed by atoms with Crippen molar-refractivity contribution in [1.29, 1.82) is 0 Å². The summed E-state index contributed by atoms with van der Waals surface area (Å²) in [6, 6.07) is 14.2. The van der Waals surface area contributed by atoms with E-state index in [1.807, 2.05) is 50.2 Å². The topological polar surface area (TPSA) is 62.4 Å². The molecule has 2 aromatic rings. The van der Waals surface area contributed by atoms with Crippen LogP contribution in [0.4, 0.5) is 5.69 Å². The molecule has 7 heteroatoms. The van der Waals surface area contributed by atoms with Gasteiger partial charge in [-0.2, -0.15) is 0 Å². The van der Waals surface area contributed by atoms with Crippen LogP contribution in [0.5, 0.6) is 5.75 Å². The van der Waals surface area contributed by atoms with Gasteiger partial charge in [-0.15, -0.1) is 0 Å². The molecule has 27 heavy (non-hydrogen) atoms. The largest absolute Gasteiger partial charge is 0.494 e. The molecular formula is C20H20ClN3O2S. The van der Waals surface area contributed by atoms with Gasteiger partial charge in [0.2, 0.25) is 0 Å². The number of hydrogen-bond acceptors (Lipinski definition) is 3. The second-order valence-electron chi connectivity index (χ2n) is 6.03. The highest BCUT2D eigenvalue weighted by molar-refractivity contribution is 7.80. The highest BCUT2D eigenvalue weighted by atomic mass is 35.5. The molecule has 2 aromatic carbocycles. The van der Waals surface area contributed by atoms with Crippen molar-refractivity contribution in [2.45, 2.75) is 19.9 Å². The Kier molecular flexibility index (Phi) is 5.98. The van der Waals surface area contributed by atoms with E-state index in [0.717, 1.165) is 11.3 Å². The van der Waals surface area contributed by atoms with E-state index in [4.69, 9.17) is 28.6 Å². The van der Waals surface area contributed by atoms with Crippen LogP contribution in [0.2, 0.25) is 5.02 Å². The Labute approximate surface area is 168 Å². The molecule has 5 nitrogen and oxygen atoms in total. The van der Waals surface area contributed by atoms with Crippen LogP contribution in [0.1, 0.15) is 25.5 Å². The Morgan fingerprint density at radius 1 is 1.19 bits per heavy atom. The summed E-state index contributed by atoms with van der Waals surface area (Å²) in [6.07, 6.45) is 0. The molecule has 0 fully saturated rings. The van der Waals surface area contributed by atoms with E-state index < -0.39 is 0 Å². The Balaban J connectivity index is 1.86. The first-order valence-electron chi connectivity index (χ1n) is 8.56. The third-order valence-corrected chi connectivity index (χ3v) is 4.61. The molecule has 3 rings (SSSR count). The van der Waals surface area contributed by atoms with Gasteiger partial charge in [0, 0.05) is 16.4 Å². The van der Waals surface area contributed by atoms with E-state index in [9.17, 15) is 4.79 Å². The number of hydrogen-bond donors (Lipinski definition) is 3. The molecule has 1 amide bonds. The highest BCUT2D eigenvalue weighted by Gasteiger charge is 2.29. The normalized spacial score (nSPS) is 16.4. The zero-order chi connectivity index (χ0) is 19.4. The Morgan fingerprint density at radius 2 is 1.85 bits per heavy atom. The van der Waals surface area contributed by atoms with Gasteiger partial charge in [-0.25, -0.2) is 0 Å². The zero-order valence-electron chi connectivity index (χ0n) is 15.0. The number of thiocarbonyl (C=S) groups is 1. The van der Waals surface area contributed by atoms with Crippen molar-refractivity contribution < 1.29 is 9.53 Å². The number of nitrogens with one attached hydrogen (secondary N) is 3. The van der Waals surface area contributed by atoms with Crippen molar-refractivity contribution in [2.24, 2.45) is 0 Å². The van der Waals surface area contributed by atoms with E-state index in [1.165, 1.54) is 0 Å². The standard InChI is InChI=1S/C20H20ClN3O2S/c1-3-26-16-10-8-15(9-11-16)23-19(25)17-12(2)22-20(27)24-18(17)13-4-6-14(21)7-5-13/h4-11,18H,3H2,1-2H3,(H,23,25)(H2,22,24,27)/t18-/m0/s1. The van der Waals surface area contributed by atoms with Gasteiger partial charge < -0.3 is 20.7 Å². The van der Waals surface area contributed by atoms with Crippen LogP contribution in [0.15, 0.2) is 59.8 Å². The van der Waals surface area contributed by atoms with E-state index in [0.29, 0.717) is 33.7 Å². The van der Waals surface area contributed by atoms with Crippen molar-refractivity contribution in [2.75, 3.05) is 11.9 Å². The second kappa shape index (κ2) is 8.41. The van der Waals surface area contributed by atoms with Crippen molar-refractivity contribution in [3.63, 3.8) is 0 Å². The molecule has 0 radical (unpaired) electrons. The molecule has 1 aliphatic heterocycles. The lowest BCUT2D eigenvalue weighted by atomic mass is 9.95. The molecule has 1 heterocycles. The van der Waals surface area contributed by atoms with Crippen LogP contribution in [0, 0.1) is 0 Å². The van der Waals surface area contributed by atoms with Gasteiger partial charge in [0.05, 0.1) is 18.2 Å². The van der Waals surface area contributed by atoms with Crippen LogP contribution < -0.4 is 20.7 Å². The minimum absolute atomic E-state index is 0.209. The summed E-state index contributed by atoms with van der Waals surface area (Å²) in [5.74, 6) is 0.551. The maximum atomic E-state index is 13.0. The Morgan fingerprint density at radius 3 is 2.48 bits per heavy atom. The van der Waals surface area contributed by atoms with Crippen LogP contribution in [-0.2, 0) is 4.79 Å². The summed E-state index contributed by atoms with van der Waals surface area (Å²) >= 11 is 11.3. The van der Waals surface area contributed by atoms with E-state index in [-0.39, 0.29) is 11.9 Å². The second-order valence-corrected chi connectivity index (χ2v) is 6.88. The van der Waals surface area contributed by atoms with Crippen LogP contribution in [0.25, 0.3) is 0 Å². The van der Waals surface area contributed by atoms with Gasteiger partial charge in [0.1, 0.15) is 5.75 Å². The fraction of sp³-hybridized carbons (Fsp3) is 0.200. The molecule has 0 unspecified atom stereocenters. The molecule has 1 aliphatic rings. The smallest absolute Gasteiger partial charge is 0.255 e. The van der Waals surface area contributed by atoms with Gasteiger partial charge in [-0.1, -0.05) is 23.7 Å². The molecule has 140 valence electrons. The van der Waals surface area contributed by atoms with Crippen molar-refractivity contribution in [3.8, 4) is 5.75 Å². The quantitative estimate of drug-likeness (QED) is 0.656. The summed E-state index contributed by atoms with van der Waals surface area (Å²) in [7, 11) is 0. The van der Waals surface area contributed by atoms with Crippen LogP contribution in [0.3, 0.4) is 0 Å². The average molecular weight is 402 g/mol. The molecule has 0 aliphatic carbocycles. The number of benzene rings is 2. The average Bonchev–Trinajstić information content (AvgIpc) is 2.63. The molecule has 0 saturated carbocycles. The third kappa shape index (κ3) is 4.59. The monoisotopic (exact) mass is 401 g/mol. The van der Waals surface area contributed by atoms with Crippen LogP contribution >= 0.6 is 23.8 Å². The first-order chi connectivity index (χ1) is 13.0. The van der Waals surface area contributed by atoms with Crippen molar-refractivity contribution in [1.82, 2.24) is 10.6 Å². The maximum absolute atomic E-state index is 13.0. The summed E-state index contributed by atoms with van der Waals surface area (Å²) < 4.78 is 5.43. The SMILES string of the molecule is CCOc1ccc(NC(=O)C2=C(C)NC(=S)N[C@H]2c2ccc(Cl)cc2)cc1. The number of carbonyl (C=O) groups excluding carboxylic acids is 1. The highest BCUT2D eigenvalue weighted by Crippen LogP contribution is 2.29. The summed E-state index contributed by atoms with van der Waals surface area (Å²) in [4.78, 5) is 13.0. The first-order valence-corrected chi connectivity index (χ1v) is 9.34. The summed E-state index contributed by atoms with van der Waals surface area (Å²) in [5.41, 5.74) is 2.87. The zero-order valence-corrected chi connectivity index (χ0v) is 16.6. The Hall–Kier alpha value is -2.57. The number of halogens is 1. The fourth-order valence-corrected chi connectivity index (χ4v) is 3.30. The van der Waals surface area contributed by atoms with Gasteiger partial charge >= 0.3 is 0 Å². The molecule has 0 saturated heterocycles. The number of anilines is 1. The molecular weight excluding hydrogens is 382 g/mol.